The van der Waals surface area contributed by atoms with Crippen LogP contribution in [0, 0.1) is 22.2 Å². The van der Waals surface area contributed by atoms with E-state index in [0.29, 0.717) is 23.1 Å². The average Bonchev–Trinajstić information content (AvgIpc) is 2.92. The number of halogens is 1. The van der Waals surface area contributed by atoms with Crippen molar-refractivity contribution in [2.75, 3.05) is 6.54 Å². The number of hydrogen-bond acceptors (Lipinski definition) is 4. The highest BCUT2D eigenvalue weighted by molar-refractivity contribution is 7.89. The molecule has 2 fully saturated rings. The molecule has 0 N–H and O–H groups in total. The second-order valence-corrected chi connectivity index (χ2v) is 11.9. The summed E-state index contributed by atoms with van der Waals surface area (Å²) in [5, 5.41) is 9.59. The topological polar surface area (TPSA) is 70.4 Å². The van der Waals surface area contributed by atoms with Gasteiger partial charge in [0.1, 0.15) is 23.1 Å². The van der Waals surface area contributed by atoms with Crippen molar-refractivity contribution in [1.29, 1.82) is 5.26 Å². The van der Waals surface area contributed by atoms with E-state index in [1.54, 1.807) is 46.8 Å². The Balaban J connectivity index is 1.57. The number of benzene rings is 2. The van der Waals surface area contributed by atoms with Crippen molar-refractivity contribution in [3.05, 3.63) is 53.1 Å². The van der Waals surface area contributed by atoms with Crippen LogP contribution < -0.4 is 4.74 Å². The zero-order valence-corrected chi connectivity index (χ0v) is 18.9. The van der Waals surface area contributed by atoms with Gasteiger partial charge in [-0.2, -0.15) is 9.57 Å². The fourth-order valence-electron chi connectivity index (χ4n) is 5.33. The molecule has 0 spiro atoms. The molecule has 2 bridgehead atoms. The maximum absolute atomic E-state index is 13.4. The summed E-state index contributed by atoms with van der Waals surface area (Å²) in [6.45, 7) is 7.22. The van der Waals surface area contributed by atoms with Gasteiger partial charge in [-0.05, 0) is 66.5 Å². The molecular weight excluding hydrogens is 420 g/mol. The first kappa shape index (κ1) is 21.2. The van der Waals surface area contributed by atoms with Gasteiger partial charge in [0.05, 0.1) is 9.92 Å². The molecule has 7 heteroatoms. The van der Waals surface area contributed by atoms with Crippen LogP contribution >= 0.6 is 11.6 Å². The molecule has 1 aliphatic carbocycles. The Bertz CT molecular complexity index is 1120. The van der Waals surface area contributed by atoms with Gasteiger partial charge >= 0.3 is 0 Å². The van der Waals surface area contributed by atoms with Crippen LogP contribution in [0.2, 0.25) is 5.02 Å². The number of fused-ring (bicyclic) bond motifs is 2. The quantitative estimate of drug-likeness (QED) is 0.615. The van der Waals surface area contributed by atoms with Crippen molar-refractivity contribution >= 4 is 21.6 Å². The van der Waals surface area contributed by atoms with Crippen LogP contribution in [0.1, 0.15) is 45.6 Å². The third-order valence-electron chi connectivity index (χ3n) is 6.11. The zero-order chi connectivity index (χ0) is 21.7. The monoisotopic (exact) mass is 444 g/mol. The Kier molecular flexibility index (Phi) is 5.13. The van der Waals surface area contributed by atoms with Gasteiger partial charge in [0.15, 0.2) is 0 Å². The standard InChI is InChI=1S/C23H25ClN2O3S/c1-22(2)11-16-12-23(3,14-22)15-26(16)30(27,28)18-9-7-17(8-10-18)29-21-6-4-5-20(24)19(21)13-25/h4-10,16H,11-12,14-15H2,1-3H3. The van der Waals surface area contributed by atoms with Crippen LogP contribution in [0.4, 0.5) is 0 Å². The summed E-state index contributed by atoms with van der Waals surface area (Å²) < 4.78 is 34.2. The van der Waals surface area contributed by atoms with Crippen molar-refractivity contribution < 1.29 is 13.2 Å². The summed E-state index contributed by atoms with van der Waals surface area (Å²) in [7, 11) is -3.59. The van der Waals surface area contributed by atoms with Gasteiger partial charge in [0.25, 0.3) is 0 Å². The molecule has 2 atom stereocenters. The lowest BCUT2D eigenvalue weighted by atomic mass is 9.65. The summed E-state index contributed by atoms with van der Waals surface area (Å²) in [5.74, 6) is 0.782. The molecule has 0 aromatic heterocycles. The predicted octanol–water partition coefficient (Wildman–Crippen LogP) is 5.59. The third-order valence-corrected chi connectivity index (χ3v) is 8.34. The van der Waals surface area contributed by atoms with Gasteiger partial charge in [-0.25, -0.2) is 8.42 Å². The van der Waals surface area contributed by atoms with Crippen molar-refractivity contribution in [2.24, 2.45) is 10.8 Å². The number of nitrogens with zero attached hydrogens (tertiary/aromatic N) is 2. The first-order chi connectivity index (χ1) is 14.0. The summed E-state index contributed by atoms with van der Waals surface area (Å²) in [6.07, 6.45) is 2.84. The molecule has 0 radical (unpaired) electrons. The van der Waals surface area contributed by atoms with Gasteiger partial charge in [-0.1, -0.05) is 38.4 Å². The summed E-state index contributed by atoms with van der Waals surface area (Å²) in [6, 6.07) is 13.4. The van der Waals surface area contributed by atoms with Crippen molar-refractivity contribution in [3.8, 4) is 17.6 Å². The van der Waals surface area contributed by atoms with Gasteiger partial charge < -0.3 is 4.74 Å². The number of rotatable bonds is 4. The van der Waals surface area contributed by atoms with Crippen LogP contribution in [0.15, 0.2) is 47.4 Å². The molecule has 1 saturated heterocycles. The Morgan fingerprint density at radius 1 is 1.13 bits per heavy atom. The Hall–Kier alpha value is -2.07. The molecular formula is C23H25ClN2O3S. The molecule has 1 heterocycles. The van der Waals surface area contributed by atoms with Gasteiger partial charge in [0.2, 0.25) is 10.0 Å². The van der Waals surface area contributed by atoms with Crippen LogP contribution in [0.3, 0.4) is 0 Å². The Labute approximate surface area is 183 Å². The van der Waals surface area contributed by atoms with Gasteiger partial charge in [0, 0.05) is 12.6 Å². The minimum absolute atomic E-state index is 0.0306. The van der Waals surface area contributed by atoms with E-state index in [1.807, 2.05) is 6.07 Å². The minimum Gasteiger partial charge on any atom is -0.456 e. The zero-order valence-electron chi connectivity index (χ0n) is 17.4. The van der Waals surface area contributed by atoms with Crippen LogP contribution in [0.5, 0.6) is 11.5 Å². The van der Waals surface area contributed by atoms with E-state index >= 15 is 0 Å². The lowest BCUT2D eigenvalue weighted by molar-refractivity contribution is 0.133. The predicted molar refractivity (Wildman–Crippen MR) is 116 cm³/mol. The summed E-state index contributed by atoms with van der Waals surface area (Å²) in [5.41, 5.74) is 0.425. The molecule has 5 nitrogen and oxygen atoms in total. The van der Waals surface area contributed by atoms with E-state index in [0.717, 1.165) is 19.3 Å². The number of sulfonamides is 1. The highest BCUT2D eigenvalue weighted by Crippen LogP contribution is 2.53. The summed E-state index contributed by atoms with van der Waals surface area (Å²) in [4.78, 5) is 0.260. The minimum atomic E-state index is -3.59. The van der Waals surface area contributed by atoms with Crippen molar-refractivity contribution in [2.45, 2.75) is 51.0 Å². The van der Waals surface area contributed by atoms with E-state index in [9.17, 15) is 13.7 Å². The first-order valence-electron chi connectivity index (χ1n) is 10.0. The van der Waals surface area contributed by atoms with Crippen LogP contribution in [-0.4, -0.2) is 25.3 Å². The fourth-order valence-corrected chi connectivity index (χ4v) is 7.31. The molecule has 2 unspecified atom stereocenters. The van der Waals surface area contributed by atoms with Crippen molar-refractivity contribution in [3.63, 3.8) is 0 Å². The van der Waals surface area contributed by atoms with E-state index < -0.39 is 10.0 Å². The summed E-state index contributed by atoms with van der Waals surface area (Å²) >= 11 is 6.04. The SMILES string of the molecule is CC1(C)CC2CC(C)(CN2S(=O)(=O)c2ccc(Oc3cccc(Cl)c3C#N)cc2)C1. The van der Waals surface area contributed by atoms with E-state index in [4.69, 9.17) is 16.3 Å². The number of nitriles is 1. The van der Waals surface area contributed by atoms with Crippen LogP contribution in [-0.2, 0) is 10.0 Å². The molecule has 0 amide bonds. The van der Waals surface area contributed by atoms with E-state index in [-0.39, 0.29) is 27.3 Å². The molecule has 4 rings (SSSR count). The number of hydrogen-bond donors (Lipinski definition) is 0. The normalized spacial score (nSPS) is 25.6. The first-order valence-corrected chi connectivity index (χ1v) is 11.8. The third kappa shape index (κ3) is 3.82. The lowest BCUT2D eigenvalue weighted by Crippen LogP contribution is -2.37. The fraction of sp³-hybridized carbons (Fsp3) is 0.435. The molecule has 2 aliphatic rings. The highest BCUT2D eigenvalue weighted by Gasteiger charge is 2.53. The average molecular weight is 445 g/mol. The smallest absolute Gasteiger partial charge is 0.243 e. The second kappa shape index (κ2) is 7.26. The Morgan fingerprint density at radius 3 is 2.50 bits per heavy atom. The maximum atomic E-state index is 13.4. The van der Waals surface area contributed by atoms with Gasteiger partial charge in [-0.15, -0.1) is 0 Å². The molecule has 1 aliphatic heterocycles. The van der Waals surface area contributed by atoms with E-state index in [2.05, 4.69) is 20.8 Å². The second-order valence-electron chi connectivity index (χ2n) is 9.56. The highest BCUT2D eigenvalue weighted by atomic mass is 35.5. The largest absolute Gasteiger partial charge is 0.456 e. The molecule has 158 valence electrons. The maximum Gasteiger partial charge on any atom is 0.243 e. The van der Waals surface area contributed by atoms with Crippen molar-refractivity contribution in [1.82, 2.24) is 4.31 Å². The van der Waals surface area contributed by atoms with Crippen LogP contribution in [0.25, 0.3) is 0 Å². The Morgan fingerprint density at radius 2 is 1.83 bits per heavy atom. The molecule has 2 aromatic carbocycles. The van der Waals surface area contributed by atoms with E-state index in [1.165, 1.54) is 0 Å². The number of ether oxygens (including phenoxy) is 1. The molecule has 1 saturated carbocycles. The molecule has 2 aromatic rings. The molecule has 30 heavy (non-hydrogen) atoms. The van der Waals surface area contributed by atoms with Gasteiger partial charge in [-0.3, -0.25) is 0 Å². The lowest BCUT2D eigenvalue weighted by Gasteiger charge is -2.39.